The Morgan fingerprint density at radius 1 is 1.08 bits per heavy atom. The highest BCUT2D eigenvalue weighted by Crippen LogP contribution is 2.27. The van der Waals surface area contributed by atoms with Gasteiger partial charge < -0.3 is 19.0 Å². The summed E-state index contributed by atoms with van der Waals surface area (Å²) in [6.07, 6.45) is 7.91. The number of aromatic nitrogens is 3. The summed E-state index contributed by atoms with van der Waals surface area (Å²) in [5.41, 5.74) is 3.74. The maximum Gasteiger partial charge on any atom is 0.257 e. The molecule has 0 aliphatic carbocycles. The zero-order chi connectivity index (χ0) is 26.1. The van der Waals surface area contributed by atoms with Gasteiger partial charge in [-0.1, -0.05) is 23.7 Å². The molecule has 1 N–H and O–H groups in total. The summed E-state index contributed by atoms with van der Waals surface area (Å²) in [4.78, 5) is 33.4. The van der Waals surface area contributed by atoms with E-state index in [1.807, 2.05) is 33.4 Å². The number of amides is 1. The molecule has 1 aliphatic heterocycles. The van der Waals surface area contributed by atoms with Gasteiger partial charge in [0.2, 0.25) is 5.43 Å². The van der Waals surface area contributed by atoms with Crippen LogP contribution in [0.4, 0.5) is 0 Å². The van der Waals surface area contributed by atoms with Gasteiger partial charge in [-0.3, -0.25) is 14.5 Å². The second-order valence-corrected chi connectivity index (χ2v) is 10.1. The zero-order valence-corrected chi connectivity index (χ0v) is 21.7. The quantitative estimate of drug-likeness (QED) is 0.331. The molecule has 2 aromatic carbocycles. The van der Waals surface area contributed by atoms with E-state index in [-0.39, 0.29) is 11.0 Å². The van der Waals surface area contributed by atoms with Crippen molar-refractivity contribution < 1.29 is 9.53 Å². The molecule has 4 heterocycles. The third-order valence-electron chi connectivity index (χ3n) is 7.13. The summed E-state index contributed by atoms with van der Waals surface area (Å²) in [6, 6.07) is 13.5. The molecule has 38 heavy (non-hydrogen) atoms. The molecule has 1 fully saturated rings. The van der Waals surface area contributed by atoms with Crippen molar-refractivity contribution in [2.75, 3.05) is 26.3 Å². The van der Waals surface area contributed by atoms with Gasteiger partial charge in [-0.2, -0.15) is 0 Å². The smallest absolute Gasteiger partial charge is 0.257 e. The highest BCUT2D eigenvalue weighted by molar-refractivity contribution is 6.30. The van der Waals surface area contributed by atoms with E-state index in [0.717, 1.165) is 60.3 Å². The lowest BCUT2D eigenvalue weighted by atomic mass is 10.0. The number of halogens is 1. The standard InChI is InChI=1S/C29H28ClN5O3/c30-23-3-1-20(2-4-23)16-32-29(37)26-18-35-24(5-7-34-8-6-31-19-34)15-22-13-21(14-25(27(22)35)28(26)36)17-33-9-11-38-12-10-33/h1-4,6,8,13-15,18-19H,5,7,9-12,16-17H2,(H,32,37). The van der Waals surface area contributed by atoms with E-state index in [9.17, 15) is 9.59 Å². The maximum absolute atomic E-state index is 13.7. The van der Waals surface area contributed by atoms with Crippen LogP contribution in [0.2, 0.25) is 5.02 Å². The number of carbonyl (C=O) groups is 1. The molecule has 1 saturated heterocycles. The third kappa shape index (κ3) is 5.03. The van der Waals surface area contributed by atoms with Crippen LogP contribution < -0.4 is 10.7 Å². The van der Waals surface area contributed by atoms with E-state index in [1.165, 1.54) is 0 Å². The number of hydrogen-bond acceptors (Lipinski definition) is 5. The van der Waals surface area contributed by atoms with Crippen LogP contribution in [-0.4, -0.2) is 51.1 Å². The van der Waals surface area contributed by atoms with E-state index in [1.54, 1.807) is 30.9 Å². The average Bonchev–Trinajstić information content (AvgIpc) is 3.57. The van der Waals surface area contributed by atoms with Crippen molar-refractivity contribution in [3.8, 4) is 0 Å². The molecular weight excluding hydrogens is 502 g/mol. The minimum Gasteiger partial charge on any atom is -0.379 e. The first-order valence-electron chi connectivity index (χ1n) is 12.8. The second-order valence-electron chi connectivity index (χ2n) is 9.71. The SMILES string of the molecule is O=C(NCc1ccc(Cl)cc1)c1cn2c(CCn3ccnc3)cc3cc(CN4CCOCC4)cc(c1=O)c32. The summed E-state index contributed by atoms with van der Waals surface area (Å²) in [5.74, 6) is -0.392. The molecule has 5 aromatic rings. The Morgan fingerprint density at radius 2 is 1.89 bits per heavy atom. The van der Waals surface area contributed by atoms with Gasteiger partial charge in [0.05, 0.1) is 25.1 Å². The Balaban J connectivity index is 1.38. The molecule has 1 amide bonds. The maximum atomic E-state index is 13.7. The van der Waals surface area contributed by atoms with Crippen molar-refractivity contribution in [2.45, 2.75) is 26.1 Å². The normalized spacial score (nSPS) is 14.4. The highest BCUT2D eigenvalue weighted by atomic mass is 35.5. The van der Waals surface area contributed by atoms with E-state index in [4.69, 9.17) is 16.3 Å². The molecule has 0 saturated carbocycles. The van der Waals surface area contributed by atoms with Gasteiger partial charge in [0.1, 0.15) is 5.56 Å². The number of carbonyl (C=O) groups excluding carboxylic acids is 1. The van der Waals surface area contributed by atoms with Crippen LogP contribution in [-0.2, 0) is 30.8 Å². The number of nitrogens with one attached hydrogen (secondary N) is 1. The number of aryl methyl sites for hydroxylation is 2. The molecule has 3 aromatic heterocycles. The van der Waals surface area contributed by atoms with Gasteiger partial charge in [-0.25, -0.2) is 4.98 Å². The lowest BCUT2D eigenvalue weighted by molar-refractivity contribution is 0.0342. The summed E-state index contributed by atoms with van der Waals surface area (Å²) in [7, 11) is 0. The van der Waals surface area contributed by atoms with E-state index >= 15 is 0 Å². The number of ether oxygens (including phenoxy) is 1. The van der Waals surface area contributed by atoms with Crippen molar-refractivity contribution in [3.05, 3.63) is 105 Å². The van der Waals surface area contributed by atoms with E-state index in [0.29, 0.717) is 30.2 Å². The molecule has 1 aliphatic rings. The first kappa shape index (κ1) is 24.6. The van der Waals surface area contributed by atoms with Crippen molar-refractivity contribution in [2.24, 2.45) is 0 Å². The number of imidazole rings is 1. The summed E-state index contributed by atoms with van der Waals surface area (Å²) >= 11 is 5.98. The average molecular weight is 530 g/mol. The molecule has 0 radical (unpaired) electrons. The minimum atomic E-state index is -0.392. The zero-order valence-electron chi connectivity index (χ0n) is 20.9. The number of pyridine rings is 1. The summed E-state index contributed by atoms with van der Waals surface area (Å²) in [5, 5.41) is 5.12. The van der Waals surface area contributed by atoms with Gasteiger partial charge in [0.25, 0.3) is 5.91 Å². The molecular formula is C29H28ClN5O3. The third-order valence-corrected chi connectivity index (χ3v) is 7.38. The number of hydrogen-bond donors (Lipinski definition) is 1. The van der Waals surface area contributed by atoms with Gasteiger partial charge in [-0.15, -0.1) is 0 Å². The Hall–Kier alpha value is -3.72. The Kier molecular flexibility index (Phi) is 6.84. The Bertz CT molecular complexity index is 1620. The molecule has 0 spiro atoms. The van der Waals surface area contributed by atoms with Crippen molar-refractivity contribution in [3.63, 3.8) is 0 Å². The van der Waals surface area contributed by atoms with Crippen LogP contribution in [0.25, 0.3) is 16.3 Å². The number of benzene rings is 2. The first-order chi connectivity index (χ1) is 18.5. The Morgan fingerprint density at radius 3 is 2.66 bits per heavy atom. The lowest BCUT2D eigenvalue weighted by Gasteiger charge is -2.26. The van der Waals surface area contributed by atoms with E-state index in [2.05, 4.69) is 27.3 Å². The summed E-state index contributed by atoms with van der Waals surface area (Å²) in [6.45, 7) is 4.92. The molecule has 8 nitrogen and oxygen atoms in total. The number of rotatable bonds is 8. The van der Waals surface area contributed by atoms with Crippen LogP contribution in [0.5, 0.6) is 0 Å². The minimum absolute atomic E-state index is 0.136. The molecule has 0 bridgehead atoms. The van der Waals surface area contributed by atoms with Crippen LogP contribution >= 0.6 is 11.6 Å². The molecule has 0 atom stereocenters. The summed E-state index contributed by atoms with van der Waals surface area (Å²) < 4.78 is 9.53. The number of nitrogens with zero attached hydrogens (tertiary/aromatic N) is 4. The van der Waals surface area contributed by atoms with Crippen molar-refractivity contribution >= 4 is 33.8 Å². The fourth-order valence-electron chi connectivity index (χ4n) is 5.15. The topological polar surface area (TPSA) is 80.9 Å². The largest absolute Gasteiger partial charge is 0.379 e. The van der Waals surface area contributed by atoms with Gasteiger partial charge in [0.15, 0.2) is 0 Å². The predicted molar refractivity (Wildman–Crippen MR) is 147 cm³/mol. The van der Waals surface area contributed by atoms with Crippen molar-refractivity contribution in [1.82, 2.24) is 24.2 Å². The molecule has 9 heteroatoms. The fourth-order valence-corrected chi connectivity index (χ4v) is 5.28. The molecule has 0 unspecified atom stereocenters. The van der Waals surface area contributed by atoms with Gasteiger partial charge >= 0.3 is 0 Å². The lowest BCUT2D eigenvalue weighted by Crippen LogP contribution is -2.35. The van der Waals surface area contributed by atoms with Crippen LogP contribution in [0, 0.1) is 0 Å². The second kappa shape index (κ2) is 10.6. The van der Waals surface area contributed by atoms with Crippen LogP contribution in [0.15, 0.2) is 72.2 Å². The fraction of sp³-hybridized carbons (Fsp3) is 0.276. The first-order valence-corrected chi connectivity index (χ1v) is 13.1. The predicted octanol–water partition coefficient (Wildman–Crippen LogP) is 3.75. The van der Waals surface area contributed by atoms with Crippen LogP contribution in [0.3, 0.4) is 0 Å². The van der Waals surface area contributed by atoms with Crippen molar-refractivity contribution in [1.29, 1.82) is 0 Å². The number of morpholine rings is 1. The Labute approximate surface area is 224 Å². The van der Waals surface area contributed by atoms with E-state index < -0.39 is 5.91 Å². The van der Waals surface area contributed by atoms with Gasteiger partial charge in [0, 0.05) is 79.2 Å². The molecule has 194 valence electrons. The van der Waals surface area contributed by atoms with Gasteiger partial charge in [-0.05, 0) is 41.5 Å². The molecule has 6 rings (SSSR count). The highest BCUT2D eigenvalue weighted by Gasteiger charge is 2.20. The van der Waals surface area contributed by atoms with Crippen LogP contribution in [0.1, 0.15) is 27.2 Å². The monoisotopic (exact) mass is 529 g/mol.